The lowest BCUT2D eigenvalue weighted by Gasteiger charge is -2.12. The van der Waals surface area contributed by atoms with Crippen molar-refractivity contribution in [2.45, 2.75) is 6.92 Å². The summed E-state index contributed by atoms with van der Waals surface area (Å²) in [4.78, 5) is 0. The summed E-state index contributed by atoms with van der Waals surface area (Å²) in [5.41, 5.74) is 6.62. The molecule has 0 fully saturated rings. The normalized spacial score (nSPS) is 10.7. The van der Waals surface area contributed by atoms with E-state index in [0.29, 0.717) is 22.7 Å². The smallest absolute Gasteiger partial charge is 0.150 e. The number of nitrogens with two attached hydrogens (primary N) is 1. The first-order valence-electron chi connectivity index (χ1n) is 6.36. The fourth-order valence-corrected chi connectivity index (χ4v) is 2.16. The first-order chi connectivity index (χ1) is 9.65. The van der Waals surface area contributed by atoms with Gasteiger partial charge in [-0.05, 0) is 30.0 Å². The quantitative estimate of drug-likeness (QED) is 0.685. The maximum atomic E-state index is 13.4. The second kappa shape index (κ2) is 4.85. The summed E-state index contributed by atoms with van der Waals surface area (Å²) in [6.07, 6.45) is 0. The van der Waals surface area contributed by atoms with Gasteiger partial charge < -0.3 is 10.5 Å². The predicted octanol–water partition coefficient (Wildman–Crippen LogP) is 4.66. The molecule has 0 aromatic heterocycles. The molecule has 0 aliphatic carbocycles. The highest BCUT2D eigenvalue weighted by Gasteiger charge is 2.09. The Labute approximate surface area is 116 Å². The van der Waals surface area contributed by atoms with Crippen LogP contribution in [0.25, 0.3) is 10.8 Å². The number of hydrogen-bond acceptors (Lipinski definition) is 2. The molecule has 0 spiro atoms. The van der Waals surface area contributed by atoms with Crippen molar-refractivity contribution in [1.82, 2.24) is 0 Å². The van der Waals surface area contributed by atoms with Gasteiger partial charge in [-0.15, -0.1) is 0 Å². The Bertz CT molecular complexity index is 778. The van der Waals surface area contributed by atoms with E-state index in [-0.39, 0.29) is 5.82 Å². The Morgan fingerprint density at radius 2 is 1.70 bits per heavy atom. The molecule has 0 aliphatic heterocycles. The number of aryl methyl sites for hydroxylation is 1. The van der Waals surface area contributed by atoms with E-state index in [4.69, 9.17) is 10.5 Å². The number of ether oxygens (including phenoxy) is 1. The Morgan fingerprint density at radius 3 is 2.55 bits per heavy atom. The van der Waals surface area contributed by atoms with E-state index in [9.17, 15) is 4.39 Å². The molecule has 0 saturated carbocycles. The summed E-state index contributed by atoms with van der Waals surface area (Å²) in [6, 6.07) is 16.6. The van der Waals surface area contributed by atoms with Crippen molar-refractivity contribution >= 4 is 16.5 Å². The largest absolute Gasteiger partial charge is 0.455 e. The van der Waals surface area contributed by atoms with Crippen LogP contribution in [0.5, 0.6) is 11.5 Å². The second-order valence-electron chi connectivity index (χ2n) is 4.72. The van der Waals surface area contributed by atoms with Crippen molar-refractivity contribution in [3.05, 3.63) is 66.0 Å². The van der Waals surface area contributed by atoms with E-state index < -0.39 is 0 Å². The molecular formula is C17H14FNO. The van der Waals surface area contributed by atoms with Crippen LogP contribution in [0.4, 0.5) is 10.1 Å². The molecule has 2 nitrogen and oxygen atoms in total. The van der Waals surface area contributed by atoms with Gasteiger partial charge in [0.2, 0.25) is 0 Å². The Morgan fingerprint density at radius 1 is 0.950 bits per heavy atom. The van der Waals surface area contributed by atoms with Crippen molar-refractivity contribution in [1.29, 1.82) is 0 Å². The average molecular weight is 267 g/mol. The van der Waals surface area contributed by atoms with Gasteiger partial charge in [0.15, 0.2) is 5.75 Å². The topological polar surface area (TPSA) is 35.2 Å². The van der Waals surface area contributed by atoms with Gasteiger partial charge in [0.25, 0.3) is 0 Å². The lowest BCUT2D eigenvalue weighted by molar-refractivity contribution is 0.488. The minimum absolute atomic E-state index is 0.293. The molecule has 0 atom stereocenters. The zero-order valence-corrected chi connectivity index (χ0v) is 11.1. The lowest BCUT2D eigenvalue weighted by atomic mass is 10.1. The van der Waals surface area contributed by atoms with Crippen molar-refractivity contribution in [3.8, 4) is 11.5 Å². The van der Waals surface area contributed by atoms with Crippen molar-refractivity contribution in [2.24, 2.45) is 0 Å². The molecule has 2 N–H and O–H groups in total. The summed E-state index contributed by atoms with van der Waals surface area (Å²) in [6.45, 7) is 1.69. The van der Waals surface area contributed by atoms with Crippen LogP contribution in [-0.4, -0.2) is 0 Å². The summed E-state index contributed by atoms with van der Waals surface area (Å²) >= 11 is 0. The zero-order valence-electron chi connectivity index (χ0n) is 11.1. The number of hydrogen-bond donors (Lipinski definition) is 1. The van der Waals surface area contributed by atoms with Gasteiger partial charge in [0.1, 0.15) is 11.6 Å². The summed E-state index contributed by atoms with van der Waals surface area (Å²) < 4.78 is 19.3. The fourth-order valence-electron chi connectivity index (χ4n) is 2.16. The first-order valence-corrected chi connectivity index (χ1v) is 6.36. The third kappa shape index (κ3) is 2.18. The number of nitrogen functional groups attached to an aromatic ring is 1. The van der Waals surface area contributed by atoms with E-state index >= 15 is 0 Å². The van der Waals surface area contributed by atoms with Crippen LogP contribution in [0, 0.1) is 12.7 Å². The molecule has 0 heterocycles. The van der Waals surface area contributed by atoms with E-state index in [2.05, 4.69) is 0 Å². The minimum Gasteiger partial charge on any atom is -0.455 e. The minimum atomic E-state index is -0.326. The van der Waals surface area contributed by atoms with Gasteiger partial charge in [-0.2, -0.15) is 0 Å². The van der Waals surface area contributed by atoms with Crippen molar-refractivity contribution in [3.63, 3.8) is 0 Å². The molecule has 3 heteroatoms. The van der Waals surface area contributed by atoms with Crippen LogP contribution in [0.15, 0.2) is 54.6 Å². The van der Waals surface area contributed by atoms with Crippen LogP contribution in [0.3, 0.4) is 0 Å². The molecule has 3 aromatic rings. The standard InChI is InChI=1S/C17H14FNO/c1-11-9-17(15(19)10-14(11)18)20-16-8-4-6-12-5-2-3-7-13(12)16/h2-10H,19H2,1H3. The van der Waals surface area contributed by atoms with E-state index in [0.717, 1.165) is 10.8 Å². The monoisotopic (exact) mass is 267 g/mol. The molecule has 0 amide bonds. The summed E-state index contributed by atoms with van der Waals surface area (Å²) in [5, 5.41) is 2.08. The second-order valence-corrected chi connectivity index (χ2v) is 4.72. The van der Waals surface area contributed by atoms with Gasteiger partial charge in [0, 0.05) is 11.5 Å². The Kier molecular flexibility index (Phi) is 3.03. The molecule has 0 radical (unpaired) electrons. The van der Waals surface area contributed by atoms with Gasteiger partial charge in [-0.1, -0.05) is 36.4 Å². The highest BCUT2D eigenvalue weighted by Crippen LogP contribution is 2.33. The Hall–Kier alpha value is -2.55. The number of halogens is 1. The molecule has 0 bridgehead atoms. The number of benzene rings is 3. The number of fused-ring (bicyclic) bond motifs is 1. The lowest BCUT2D eigenvalue weighted by Crippen LogP contribution is -1.95. The number of rotatable bonds is 2. The average Bonchev–Trinajstić information content (AvgIpc) is 2.45. The SMILES string of the molecule is Cc1cc(Oc2cccc3ccccc23)c(N)cc1F. The zero-order chi connectivity index (χ0) is 14.1. The summed E-state index contributed by atoms with van der Waals surface area (Å²) in [7, 11) is 0. The first kappa shape index (κ1) is 12.5. The van der Waals surface area contributed by atoms with E-state index in [1.807, 2.05) is 42.5 Å². The van der Waals surface area contributed by atoms with Crippen molar-refractivity contribution in [2.75, 3.05) is 5.73 Å². The van der Waals surface area contributed by atoms with E-state index in [1.54, 1.807) is 13.0 Å². The van der Waals surface area contributed by atoms with Crippen LogP contribution in [0.1, 0.15) is 5.56 Å². The van der Waals surface area contributed by atoms with Crippen molar-refractivity contribution < 1.29 is 9.13 Å². The Balaban J connectivity index is 2.08. The molecule has 100 valence electrons. The third-order valence-corrected chi connectivity index (χ3v) is 3.26. The highest BCUT2D eigenvalue weighted by molar-refractivity contribution is 5.88. The van der Waals surface area contributed by atoms with Crippen LogP contribution >= 0.6 is 0 Å². The molecule has 3 aromatic carbocycles. The predicted molar refractivity (Wildman–Crippen MR) is 79.6 cm³/mol. The third-order valence-electron chi connectivity index (χ3n) is 3.26. The summed E-state index contributed by atoms with van der Waals surface area (Å²) in [5.74, 6) is 0.855. The fraction of sp³-hybridized carbons (Fsp3) is 0.0588. The van der Waals surface area contributed by atoms with Gasteiger partial charge in [0.05, 0.1) is 5.69 Å². The van der Waals surface area contributed by atoms with Gasteiger partial charge >= 0.3 is 0 Å². The van der Waals surface area contributed by atoms with Crippen LogP contribution in [0.2, 0.25) is 0 Å². The molecule has 20 heavy (non-hydrogen) atoms. The van der Waals surface area contributed by atoms with Crippen LogP contribution < -0.4 is 10.5 Å². The molecular weight excluding hydrogens is 253 g/mol. The number of anilines is 1. The molecule has 3 rings (SSSR count). The molecule has 0 saturated heterocycles. The van der Waals surface area contributed by atoms with E-state index in [1.165, 1.54) is 6.07 Å². The molecule has 0 unspecified atom stereocenters. The van der Waals surface area contributed by atoms with Crippen LogP contribution in [-0.2, 0) is 0 Å². The maximum Gasteiger partial charge on any atom is 0.150 e. The maximum absolute atomic E-state index is 13.4. The highest BCUT2D eigenvalue weighted by atomic mass is 19.1. The van der Waals surface area contributed by atoms with Gasteiger partial charge in [-0.3, -0.25) is 0 Å². The van der Waals surface area contributed by atoms with Gasteiger partial charge in [-0.25, -0.2) is 4.39 Å². The molecule has 0 aliphatic rings.